The number of rotatable bonds is 7. The number of hydrogen-bond acceptors (Lipinski definition) is 4. The summed E-state index contributed by atoms with van der Waals surface area (Å²) in [5.41, 5.74) is 4.26. The van der Waals surface area contributed by atoms with Crippen molar-refractivity contribution in [3.05, 3.63) is 60.1 Å². The maximum Gasteiger partial charge on any atom is 0.287 e. The molecule has 0 aliphatic rings. The Morgan fingerprint density at radius 3 is 2.50 bits per heavy atom. The molecule has 2 aromatic rings. The van der Waals surface area contributed by atoms with Crippen LogP contribution < -0.4 is 10.7 Å². The number of nitrogens with one attached hydrogen (secondary N) is 2. The Balaban J connectivity index is 1.93. The Morgan fingerprint density at radius 2 is 1.88 bits per heavy atom. The summed E-state index contributed by atoms with van der Waals surface area (Å²) < 4.78 is 4.96. The van der Waals surface area contributed by atoms with Crippen molar-refractivity contribution < 1.29 is 14.0 Å². The largest absolute Gasteiger partial charge is 0.459 e. The molecule has 6 nitrogen and oxygen atoms in total. The van der Waals surface area contributed by atoms with E-state index in [9.17, 15) is 9.59 Å². The fraction of sp³-hybridized carbons (Fsp3) is 0.278. The normalized spacial score (nSPS) is 11.4. The highest BCUT2D eigenvalue weighted by Crippen LogP contribution is 2.10. The van der Waals surface area contributed by atoms with E-state index in [1.165, 1.54) is 12.3 Å². The van der Waals surface area contributed by atoms with E-state index in [-0.39, 0.29) is 12.3 Å². The molecule has 0 aliphatic heterocycles. The molecule has 6 heteroatoms. The number of amides is 2. The maximum absolute atomic E-state index is 11.9. The summed E-state index contributed by atoms with van der Waals surface area (Å²) in [4.78, 5) is 23.6. The van der Waals surface area contributed by atoms with Gasteiger partial charge in [-0.3, -0.25) is 9.59 Å². The fourth-order valence-corrected chi connectivity index (χ4v) is 2.07. The lowest BCUT2D eigenvalue weighted by Gasteiger charge is -2.10. The molecule has 2 N–H and O–H groups in total. The number of furan rings is 1. The van der Waals surface area contributed by atoms with Crippen LogP contribution in [0.5, 0.6) is 0 Å². The van der Waals surface area contributed by atoms with Crippen molar-refractivity contribution in [1.82, 2.24) is 10.7 Å². The van der Waals surface area contributed by atoms with E-state index in [4.69, 9.17) is 4.42 Å². The minimum absolute atomic E-state index is 0.163. The molecule has 0 atom stereocenters. The molecule has 2 rings (SSSR count). The van der Waals surface area contributed by atoms with Gasteiger partial charge >= 0.3 is 0 Å². The van der Waals surface area contributed by atoms with E-state index in [1.807, 2.05) is 30.3 Å². The van der Waals surface area contributed by atoms with Crippen LogP contribution in [-0.2, 0) is 4.79 Å². The summed E-state index contributed by atoms with van der Waals surface area (Å²) in [5, 5.41) is 6.69. The van der Waals surface area contributed by atoms with Crippen LogP contribution in [0.3, 0.4) is 0 Å². The smallest absolute Gasteiger partial charge is 0.287 e. The van der Waals surface area contributed by atoms with Gasteiger partial charge in [-0.2, -0.15) is 5.10 Å². The highest BCUT2D eigenvalue weighted by Gasteiger charge is 2.11. The lowest BCUT2D eigenvalue weighted by Crippen LogP contribution is -2.35. The Morgan fingerprint density at radius 1 is 1.12 bits per heavy atom. The number of hydrazone groups is 1. The second kappa shape index (κ2) is 8.67. The van der Waals surface area contributed by atoms with Crippen LogP contribution >= 0.6 is 0 Å². The first-order valence-electron chi connectivity index (χ1n) is 7.78. The molecule has 1 aromatic heterocycles. The van der Waals surface area contributed by atoms with Gasteiger partial charge in [0.2, 0.25) is 0 Å². The first kappa shape index (κ1) is 17.5. The third-order valence-electron chi connectivity index (χ3n) is 3.18. The van der Waals surface area contributed by atoms with Gasteiger partial charge < -0.3 is 9.73 Å². The van der Waals surface area contributed by atoms with Gasteiger partial charge in [-0.1, -0.05) is 44.2 Å². The van der Waals surface area contributed by atoms with Crippen molar-refractivity contribution in [3.63, 3.8) is 0 Å². The minimum Gasteiger partial charge on any atom is -0.459 e. The number of carbonyl (C=O) groups excluding carboxylic acids is 2. The Hall–Kier alpha value is -2.89. The van der Waals surface area contributed by atoms with Gasteiger partial charge in [-0.05, 0) is 30.0 Å². The predicted octanol–water partition coefficient (Wildman–Crippen LogP) is 2.58. The zero-order valence-corrected chi connectivity index (χ0v) is 13.8. The van der Waals surface area contributed by atoms with Crippen LogP contribution in [0.2, 0.25) is 0 Å². The minimum atomic E-state index is -0.440. The number of carbonyl (C=O) groups is 2. The topological polar surface area (TPSA) is 83.7 Å². The van der Waals surface area contributed by atoms with E-state index in [1.54, 1.807) is 6.07 Å². The number of benzene rings is 1. The lowest BCUT2D eigenvalue weighted by atomic mass is 10.0. The molecule has 0 aliphatic carbocycles. The SMILES string of the molecule is CC(C)C/C(=N/NC(=O)CNC(=O)c1ccco1)c1ccccc1. The lowest BCUT2D eigenvalue weighted by molar-refractivity contribution is -0.120. The molecule has 1 heterocycles. The molecular weight excluding hydrogens is 306 g/mol. The average Bonchev–Trinajstić information content (AvgIpc) is 3.11. The van der Waals surface area contributed by atoms with Crippen LogP contribution in [0, 0.1) is 5.92 Å². The van der Waals surface area contributed by atoms with Crippen LogP contribution in [-0.4, -0.2) is 24.1 Å². The Labute approximate surface area is 140 Å². The molecule has 0 spiro atoms. The molecule has 2 amide bonds. The molecule has 0 radical (unpaired) electrons. The molecule has 0 bridgehead atoms. The highest BCUT2D eigenvalue weighted by molar-refractivity contribution is 6.01. The molecule has 0 saturated heterocycles. The van der Waals surface area contributed by atoms with Gasteiger partial charge in [0.1, 0.15) is 0 Å². The first-order valence-corrected chi connectivity index (χ1v) is 7.78. The van der Waals surface area contributed by atoms with Gasteiger partial charge in [0, 0.05) is 0 Å². The number of hydrogen-bond donors (Lipinski definition) is 2. The number of nitrogens with zero attached hydrogens (tertiary/aromatic N) is 1. The summed E-state index contributed by atoms with van der Waals surface area (Å²) in [6.07, 6.45) is 2.14. The summed E-state index contributed by atoms with van der Waals surface area (Å²) in [7, 11) is 0. The standard InChI is InChI=1S/C18H21N3O3/c1-13(2)11-15(14-7-4-3-5-8-14)20-21-17(22)12-19-18(23)16-9-6-10-24-16/h3-10,13H,11-12H2,1-2H3,(H,19,23)(H,21,22)/b20-15-. The maximum atomic E-state index is 11.9. The van der Waals surface area contributed by atoms with Gasteiger partial charge in [0.25, 0.3) is 11.8 Å². The first-order chi connectivity index (χ1) is 11.6. The molecule has 1 aromatic carbocycles. The summed E-state index contributed by atoms with van der Waals surface area (Å²) >= 11 is 0. The Bertz CT molecular complexity index is 692. The Kier molecular flexibility index (Phi) is 6.31. The van der Waals surface area contributed by atoms with Crippen molar-refractivity contribution in [1.29, 1.82) is 0 Å². The van der Waals surface area contributed by atoms with Gasteiger partial charge in [-0.25, -0.2) is 5.43 Å². The molecule has 0 fully saturated rings. The van der Waals surface area contributed by atoms with Crippen LogP contribution in [0.15, 0.2) is 58.2 Å². The predicted molar refractivity (Wildman–Crippen MR) is 91.6 cm³/mol. The van der Waals surface area contributed by atoms with Gasteiger partial charge in [-0.15, -0.1) is 0 Å². The van der Waals surface area contributed by atoms with Crippen LogP contribution in [0.4, 0.5) is 0 Å². The molecule has 0 saturated carbocycles. The van der Waals surface area contributed by atoms with Crippen molar-refractivity contribution in [2.24, 2.45) is 11.0 Å². The van der Waals surface area contributed by atoms with Crippen molar-refractivity contribution in [2.75, 3.05) is 6.54 Å². The molecule has 126 valence electrons. The van der Waals surface area contributed by atoms with E-state index in [0.717, 1.165) is 17.7 Å². The third-order valence-corrected chi connectivity index (χ3v) is 3.18. The highest BCUT2D eigenvalue weighted by atomic mass is 16.3. The molecule has 24 heavy (non-hydrogen) atoms. The van der Waals surface area contributed by atoms with E-state index < -0.39 is 11.8 Å². The monoisotopic (exact) mass is 327 g/mol. The zero-order chi connectivity index (χ0) is 17.4. The third kappa shape index (κ3) is 5.39. The summed E-state index contributed by atoms with van der Waals surface area (Å²) in [6, 6.07) is 12.8. The van der Waals surface area contributed by atoms with Crippen molar-refractivity contribution in [3.8, 4) is 0 Å². The van der Waals surface area contributed by atoms with Crippen LogP contribution in [0.1, 0.15) is 36.4 Å². The summed E-state index contributed by atoms with van der Waals surface area (Å²) in [5.74, 6) is -0.271. The van der Waals surface area contributed by atoms with Gasteiger partial charge in [0.05, 0.1) is 18.5 Å². The second-order valence-electron chi connectivity index (χ2n) is 5.72. The van der Waals surface area contributed by atoms with Crippen molar-refractivity contribution >= 4 is 17.5 Å². The second-order valence-corrected chi connectivity index (χ2v) is 5.72. The van der Waals surface area contributed by atoms with E-state index in [2.05, 4.69) is 29.7 Å². The van der Waals surface area contributed by atoms with E-state index >= 15 is 0 Å². The molecular formula is C18H21N3O3. The molecule has 0 unspecified atom stereocenters. The zero-order valence-electron chi connectivity index (χ0n) is 13.8. The summed E-state index contributed by atoms with van der Waals surface area (Å²) in [6.45, 7) is 4.00. The van der Waals surface area contributed by atoms with E-state index in [0.29, 0.717) is 5.92 Å². The van der Waals surface area contributed by atoms with Crippen molar-refractivity contribution in [2.45, 2.75) is 20.3 Å². The average molecular weight is 327 g/mol. The van der Waals surface area contributed by atoms with Gasteiger partial charge in [0.15, 0.2) is 5.76 Å². The quantitative estimate of drug-likeness (QED) is 0.605. The fourth-order valence-electron chi connectivity index (χ4n) is 2.07. The van der Waals surface area contributed by atoms with Crippen LogP contribution in [0.25, 0.3) is 0 Å².